The zero-order chi connectivity index (χ0) is 15.7. The third-order valence-electron chi connectivity index (χ3n) is 4.12. The van der Waals surface area contributed by atoms with E-state index in [1.807, 2.05) is 13.2 Å². The van der Waals surface area contributed by atoms with Crippen LogP contribution in [0, 0.1) is 6.92 Å². The minimum atomic E-state index is -3.63. The highest BCUT2D eigenvalue weighted by molar-refractivity contribution is 8.00. The number of rotatable bonds is 6. The van der Waals surface area contributed by atoms with Crippen LogP contribution in [0.5, 0.6) is 5.75 Å². The standard InChI is InChI=1S/C14H22N2O3S2/c1-10-7-12(19-2)13(8-11(10)15)21(17,18)16-9-14(20-3)5-4-6-14/h7-8,16H,4-6,9,15H2,1-3H3. The summed E-state index contributed by atoms with van der Waals surface area (Å²) in [5.41, 5.74) is 7.08. The number of benzene rings is 1. The van der Waals surface area contributed by atoms with Gasteiger partial charge < -0.3 is 10.5 Å². The minimum Gasteiger partial charge on any atom is -0.495 e. The highest BCUT2D eigenvalue weighted by Crippen LogP contribution is 2.42. The number of methoxy groups -OCH3 is 1. The summed E-state index contributed by atoms with van der Waals surface area (Å²) in [5.74, 6) is 0.320. The molecular weight excluding hydrogens is 308 g/mol. The number of nitrogens with one attached hydrogen (secondary N) is 1. The molecule has 0 atom stereocenters. The first-order valence-electron chi connectivity index (χ1n) is 6.82. The van der Waals surface area contributed by atoms with Crippen molar-refractivity contribution in [3.63, 3.8) is 0 Å². The van der Waals surface area contributed by atoms with Crippen LogP contribution < -0.4 is 15.2 Å². The Bertz CT molecular complexity index is 620. The lowest BCUT2D eigenvalue weighted by atomic mass is 9.84. The third-order valence-corrected chi connectivity index (χ3v) is 6.97. The van der Waals surface area contributed by atoms with Gasteiger partial charge in [-0.3, -0.25) is 0 Å². The molecule has 0 amide bonds. The molecule has 21 heavy (non-hydrogen) atoms. The number of nitrogen functional groups attached to an aromatic ring is 1. The Labute approximate surface area is 130 Å². The molecule has 0 unspecified atom stereocenters. The number of nitrogens with two attached hydrogens (primary N) is 1. The van der Waals surface area contributed by atoms with Gasteiger partial charge in [-0.15, -0.1) is 0 Å². The number of hydrogen-bond donors (Lipinski definition) is 2. The maximum atomic E-state index is 12.5. The summed E-state index contributed by atoms with van der Waals surface area (Å²) in [6.07, 6.45) is 5.27. The van der Waals surface area contributed by atoms with E-state index in [2.05, 4.69) is 4.72 Å². The topological polar surface area (TPSA) is 81.4 Å². The van der Waals surface area contributed by atoms with Crippen molar-refractivity contribution in [3.8, 4) is 5.75 Å². The van der Waals surface area contributed by atoms with Gasteiger partial charge in [0.25, 0.3) is 0 Å². The first-order valence-corrected chi connectivity index (χ1v) is 9.53. The maximum Gasteiger partial charge on any atom is 0.244 e. The van der Waals surface area contributed by atoms with Crippen LogP contribution in [0.3, 0.4) is 0 Å². The molecule has 0 heterocycles. The molecule has 1 fully saturated rings. The molecule has 5 nitrogen and oxygen atoms in total. The van der Waals surface area contributed by atoms with Crippen molar-refractivity contribution in [2.24, 2.45) is 0 Å². The Balaban J connectivity index is 2.25. The van der Waals surface area contributed by atoms with Crippen LogP contribution in [-0.2, 0) is 10.0 Å². The molecule has 7 heteroatoms. The fraction of sp³-hybridized carbons (Fsp3) is 0.571. The summed E-state index contributed by atoms with van der Waals surface area (Å²) < 4.78 is 33.0. The van der Waals surface area contributed by atoms with E-state index < -0.39 is 10.0 Å². The number of aryl methyl sites for hydroxylation is 1. The summed E-state index contributed by atoms with van der Waals surface area (Å²) in [6, 6.07) is 3.11. The quantitative estimate of drug-likeness (QED) is 0.781. The molecule has 0 spiro atoms. The number of sulfonamides is 1. The van der Waals surface area contributed by atoms with Gasteiger partial charge in [0.15, 0.2) is 0 Å². The van der Waals surface area contributed by atoms with Crippen LogP contribution in [-0.4, -0.2) is 33.1 Å². The largest absolute Gasteiger partial charge is 0.495 e. The van der Waals surface area contributed by atoms with Gasteiger partial charge in [0.2, 0.25) is 10.0 Å². The van der Waals surface area contributed by atoms with Crippen LogP contribution in [0.15, 0.2) is 17.0 Å². The molecule has 0 aromatic heterocycles. The fourth-order valence-corrected chi connectivity index (χ4v) is 4.69. The molecule has 0 radical (unpaired) electrons. The van der Waals surface area contributed by atoms with Gasteiger partial charge >= 0.3 is 0 Å². The van der Waals surface area contributed by atoms with Gasteiger partial charge in [-0.05, 0) is 43.7 Å². The molecule has 1 aliphatic carbocycles. The summed E-state index contributed by atoms with van der Waals surface area (Å²) in [6.45, 7) is 2.26. The van der Waals surface area contributed by atoms with Gasteiger partial charge in [0.05, 0.1) is 7.11 Å². The highest BCUT2D eigenvalue weighted by Gasteiger charge is 2.37. The van der Waals surface area contributed by atoms with E-state index in [1.54, 1.807) is 17.8 Å². The predicted octanol–water partition coefficient (Wildman–Crippen LogP) is 2.15. The van der Waals surface area contributed by atoms with Crippen molar-refractivity contribution < 1.29 is 13.2 Å². The first-order chi connectivity index (χ1) is 9.83. The molecule has 0 aliphatic heterocycles. The SMILES string of the molecule is COc1cc(C)c(N)cc1S(=O)(=O)NCC1(SC)CCC1. The number of thioether (sulfide) groups is 1. The van der Waals surface area contributed by atoms with Gasteiger partial charge in [0, 0.05) is 17.0 Å². The van der Waals surface area contributed by atoms with E-state index in [0.29, 0.717) is 18.0 Å². The smallest absolute Gasteiger partial charge is 0.244 e. The van der Waals surface area contributed by atoms with E-state index in [-0.39, 0.29) is 9.64 Å². The van der Waals surface area contributed by atoms with E-state index in [9.17, 15) is 8.42 Å². The van der Waals surface area contributed by atoms with E-state index in [4.69, 9.17) is 10.5 Å². The Morgan fingerprint density at radius 3 is 2.57 bits per heavy atom. The number of anilines is 1. The van der Waals surface area contributed by atoms with Crippen molar-refractivity contribution in [1.29, 1.82) is 0 Å². The average Bonchev–Trinajstić information content (AvgIpc) is 2.40. The Morgan fingerprint density at radius 1 is 1.43 bits per heavy atom. The van der Waals surface area contributed by atoms with Gasteiger partial charge in [-0.25, -0.2) is 13.1 Å². The van der Waals surface area contributed by atoms with Crippen LogP contribution in [0.1, 0.15) is 24.8 Å². The number of ether oxygens (including phenoxy) is 1. The summed E-state index contributed by atoms with van der Waals surface area (Å²) in [4.78, 5) is 0.101. The molecule has 0 saturated heterocycles. The summed E-state index contributed by atoms with van der Waals surface area (Å²) in [7, 11) is -2.17. The van der Waals surface area contributed by atoms with E-state index >= 15 is 0 Å². The molecule has 1 aliphatic rings. The van der Waals surface area contributed by atoms with E-state index in [1.165, 1.54) is 13.2 Å². The monoisotopic (exact) mass is 330 g/mol. The van der Waals surface area contributed by atoms with Crippen LogP contribution in [0.2, 0.25) is 0 Å². The van der Waals surface area contributed by atoms with Gasteiger partial charge in [-0.1, -0.05) is 6.42 Å². The van der Waals surface area contributed by atoms with Gasteiger partial charge in [-0.2, -0.15) is 11.8 Å². The molecule has 2 rings (SSSR count). The summed E-state index contributed by atoms with van der Waals surface area (Å²) >= 11 is 1.73. The lowest BCUT2D eigenvalue weighted by Crippen LogP contribution is -2.45. The average molecular weight is 330 g/mol. The Kier molecular flexibility index (Phi) is 4.75. The molecule has 1 aromatic rings. The molecule has 0 bridgehead atoms. The van der Waals surface area contributed by atoms with Crippen LogP contribution >= 0.6 is 11.8 Å². The summed E-state index contributed by atoms with van der Waals surface area (Å²) in [5, 5.41) is 0. The normalized spacial score (nSPS) is 17.3. The molecule has 118 valence electrons. The second kappa shape index (κ2) is 6.06. The second-order valence-corrected chi connectivity index (χ2v) is 8.43. The predicted molar refractivity (Wildman–Crippen MR) is 87.4 cm³/mol. The minimum absolute atomic E-state index is 0.0382. The van der Waals surface area contributed by atoms with Crippen molar-refractivity contribution in [3.05, 3.63) is 17.7 Å². The van der Waals surface area contributed by atoms with Crippen molar-refractivity contribution in [2.45, 2.75) is 35.8 Å². The van der Waals surface area contributed by atoms with Crippen LogP contribution in [0.25, 0.3) is 0 Å². The lowest BCUT2D eigenvalue weighted by molar-refractivity contribution is 0.361. The Morgan fingerprint density at radius 2 is 2.10 bits per heavy atom. The second-order valence-electron chi connectivity index (χ2n) is 5.42. The zero-order valence-electron chi connectivity index (χ0n) is 12.6. The van der Waals surface area contributed by atoms with Crippen molar-refractivity contribution in [1.82, 2.24) is 4.72 Å². The maximum absolute atomic E-state index is 12.5. The third kappa shape index (κ3) is 3.30. The van der Waals surface area contributed by atoms with Gasteiger partial charge in [0.1, 0.15) is 10.6 Å². The molecule has 1 saturated carbocycles. The lowest BCUT2D eigenvalue weighted by Gasteiger charge is -2.40. The zero-order valence-corrected chi connectivity index (χ0v) is 14.2. The van der Waals surface area contributed by atoms with Crippen LogP contribution in [0.4, 0.5) is 5.69 Å². The van der Waals surface area contributed by atoms with E-state index in [0.717, 1.165) is 24.8 Å². The number of hydrogen-bond acceptors (Lipinski definition) is 5. The molecule has 1 aromatic carbocycles. The Hall–Kier alpha value is -0.920. The highest BCUT2D eigenvalue weighted by atomic mass is 32.2. The van der Waals surface area contributed by atoms with Crippen molar-refractivity contribution in [2.75, 3.05) is 25.6 Å². The fourth-order valence-electron chi connectivity index (χ4n) is 2.38. The first kappa shape index (κ1) is 16.5. The molecular formula is C14H22N2O3S2. The van der Waals surface area contributed by atoms with Crippen molar-refractivity contribution >= 4 is 27.5 Å². The molecule has 3 N–H and O–H groups in total.